The normalized spacial score (nSPS) is 16.3. The van der Waals surface area contributed by atoms with Crippen LogP contribution in [-0.4, -0.2) is 18.6 Å². The number of halogens is 1. The maximum Gasteiger partial charge on any atom is 0.266 e. The molecule has 1 aliphatic rings. The zero-order chi connectivity index (χ0) is 18.7. The van der Waals surface area contributed by atoms with Crippen molar-refractivity contribution in [2.75, 3.05) is 0 Å². The second kappa shape index (κ2) is 7.35. The summed E-state index contributed by atoms with van der Waals surface area (Å²) in [7, 11) is -3.66. The van der Waals surface area contributed by atoms with E-state index in [2.05, 4.69) is 11.6 Å². The maximum absolute atomic E-state index is 12.8. The summed E-state index contributed by atoms with van der Waals surface area (Å²) < 4.78 is 32.5. The van der Waals surface area contributed by atoms with Crippen molar-refractivity contribution in [2.24, 2.45) is 4.99 Å². The molecule has 0 saturated carbocycles. The van der Waals surface area contributed by atoms with Crippen molar-refractivity contribution in [3.63, 3.8) is 0 Å². The number of hydrogen-bond acceptors (Lipinski definition) is 4. The van der Waals surface area contributed by atoms with E-state index >= 15 is 0 Å². The summed E-state index contributed by atoms with van der Waals surface area (Å²) >= 11 is 5.96. The largest absolute Gasteiger partial charge is 0.439 e. The Kier molecular flexibility index (Phi) is 5.15. The molecule has 134 valence electrons. The molecule has 0 spiro atoms. The molecule has 1 aliphatic heterocycles. The van der Waals surface area contributed by atoms with Gasteiger partial charge in [-0.2, -0.15) is 4.99 Å². The lowest BCUT2D eigenvalue weighted by Gasteiger charge is -2.17. The number of fused-ring (bicyclic) bond motifs is 1. The summed E-state index contributed by atoms with van der Waals surface area (Å²) in [5.41, 5.74) is 0.722. The molecule has 0 bridgehead atoms. The van der Waals surface area contributed by atoms with E-state index in [9.17, 15) is 8.42 Å². The number of nitrogens with zero attached hydrogens (tertiary/aromatic N) is 2. The quantitative estimate of drug-likeness (QED) is 0.444. The Morgan fingerprint density at radius 1 is 1.27 bits per heavy atom. The van der Waals surface area contributed by atoms with Crippen LogP contribution in [0.1, 0.15) is 12.5 Å². The van der Waals surface area contributed by atoms with Gasteiger partial charge in [-0.25, -0.2) is 12.7 Å². The molecule has 0 fully saturated rings. The molecule has 0 aromatic heterocycles. The van der Waals surface area contributed by atoms with E-state index in [1.807, 2.05) is 6.07 Å². The first-order chi connectivity index (χ1) is 12.5. The molecule has 0 saturated heterocycles. The second-order valence-corrected chi connectivity index (χ2v) is 7.75. The van der Waals surface area contributed by atoms with Gasteiger partial charge in [-0.05, 0) is 48.9 Å². The van der Waals surface area contributed by atoms with Gasteiger partial charge in [0.25, 0.3) is 10.0 Å². The second-order valence-electron chi connectivity index (χ2n) is 5.48. The van der Waals surface area contributed by atoms with E-state index in [0.717, 1.165) is 5.56 Å². The highest BCUT2D eigenvalue weighted by molar-refractivity contribution is 7.90. The SMILES string of the molecule is C=CC(=N/C(=C\C)Oc1cccc(Cl)c1)N1Cc2ccccc2S1(=O)=O. The van der Waals surface area contributed by atoms with Crippen molar-refractivity contribution >= 4 is 27.5 Å². The smallest absolute Gasteiger partial charge is 0.266 e. The number of rotatable bonds is 4. The summed E-state index contributed by atoms with van der Waals surface area (Å²) in [6.07, 6.45) is 3.04. The van der Waals surface area contributed by atoms with Crippen molar-refractivity contribution in [1.82, 2.24) is 4.31 Å². The Hall–Kier alpha value is -2.57. The molecule has 3 rings (SSSR count). The number of amidine groups is 1. The fraction of sp³-hybridized carbons (Fsp3) is 0.105. The predicted molar refractivity (Wildman–Crippen MR) is 103 cm³/mol. The van der Waals surface area contributed by atoms with Crippen LogP contribution in [0.3, 0.4) is 0 Å². The Morgan fingerprint density at radius 2 is 2.04 bits per heavy atom. The van der Waals surface area contributed by atoms with Gasteiger partial charge >= 0.3 is 0 Å². The first-order valence-corrected chi connectivity index (χ1v) is 9.69. The number of benzene rings is 2. The number of ether oxygens (including phenoxy) is 1. The Bertz CT molecular complexity index is 1010. The van der Waals surface area contributed by atoms with Gasteiger partial charge in [-0.1, -0.05) is 42.4 Å². The summed E-state index contributed by atoms with van der Waals surface area (Å²) in [4.78, 5) is 4.62. The fourth-order valence-electron chi connectivity index (χ4n) is 2.56. The van der Waals surface area contributed by atoms with Crippen LogP contribution in [0.4, 0.5) is 0 Å². The van der Waals surface area contributed by atoms with Gasteiger partial charge < -0.3 is 4.74 Å². The molecule has 2 aromatic rings. The molecule has 0 unspecified atom stereocenters. The Labute approximate surface area is 157 Å². The zero-order valence-electron chi connectivity index (χ0n) is 14.1. The van der Waals surface area contributed by atoms with Gasteiger partial charge in [0, 0.05) is 5.02 Å². The summed E-state index contributed by atoms with van der Waals surface area (Å²) in [5.74, 6) is 0.940. The molecule has 0 aliphatic carbocycles. The van der Waals surface area contributed by atoms with Crippen LogP contribution in [0.25, 0.3) is 0 Å². The van der Waals surface area contributed by atoms with E-state index < -0.39 is 10.0 Å². The van der Waals surface area contributed by atoms with E-state index in [-0.39, 0.29) is 23.2 Å². The van der Waals surface area contributed by atoms with Crippen LogP contribution < -0.4 is 4.74 Å². The number of hydrogen-bond donors (Lipinski definition) is 0. The summed E-state index contributed by atoms with van der Waals surface area (Å²) in [5, 5.41) is 0.531. The zero-order valence-corrected chi connectivity index (χ0v) is 15.7. The average Bonchev–Trinajstić information content (AvgIpc) is 2.90. The topological polar surface area (TPSA) is 59.0 Å². The first kappa shape index (κ1) is 18.2. The highest BCUT2D eigenvalue weighted by Crippen LogP contribution is 2.31. The molecule has 0 amide bonds. The minimum atomic E-state index is -3.66. The van der Waals surface area contributed by atoms with E-state index in [1.54, 1.807) is 55.5 Å². The van der Waals surface area contributed by atoms with Gasteiger partial charge in [-0.15, -0.1) is 0 Å². The van der Waals surface area contributed by atoms with Gasteiger partial charge in [0.1, 0.15) is 11.6 Å². The lowest BCUT2D eigenvalue weighted by atomic mass is 10.2. The summed E-state index contributed by atoms with van der Waals surface area (Å²) in [6, 6.07) is 13.8. The fourth-order valence-corrected chi connectivity index (χ4v) is 4.37. The Morgan fingerprint density at radius 3 is 2.69 bits per heavy atom. The molecule has 26 heavy (non-hydrogen) atoms. The van der Waals surface area contributed by atoms with Crippen molar-refractivity contribution < 1.29 is 13.2 Å². The van der Waals surface area contributed by atoms with Crippen LogP contribution in [0.2, 0.25) is 5.02 Å². The van der Waals surface area contributed by atoms with E-state index in [1.165, 1.54) is 10.4 Å². The predicted octanol–water partition coefficient (Wildman–Crippen LogP) is 4.37. The number of sulfonamides is 1. The minimum absolute atomic E-state index is 0.191. The van der Waals surface area contributed by atoms with Gasteiger partial charge in [0.05, 0.1) is 11.4 Å². The van der Waals surface area contributed by atoms with E-state index in [4.69, 9.17) is 16.3 Å². The van der Waals surface area contributed by atoms with Gasteiger partial charge in [0.2, 0.25) is 5.88 Å². The highest BCUT2D eigenvalue weighted by Gasteiger charge is 2.35. The molecular weight excluding hydrogens is 372 g/mol. The minimum Gasteiger partial charge on any atom is -0.439 e. The molecule has 2 aromatic carbocycles. The standard InChI is InChI=1S/C19H17ClN2O3S/c1-3-18(21-19(4-2)25-16-10-7-9-15(20)12-16)22-13-14-8-5-6-11-17(14)26(22,23)24/h3-12H,1,13H2,2H3/b19-4+,21-18?. The van der Waals surface area contributed by atoms with Gasteiger partial charge in [0.15, 0.2) is 0 Å². The molecule has 0 N–H and O–H groups in total. The third kappa shape index (κ3) is 3.52. The highest BCUT2D eigenvalue weighted by atomic mass is 35.5. The lowest BCUT2D eigenvalue weighted by molar-refractivity contribution is 0.418. The third-order valence-corrected chi connectivity index (χ3v) is 5.87. The molecular formula is C19H17ClN2O3S. The monoisotopic (exact) mass is 388 g/mol. The molecule has 1 heterocycles. The van der Waals surface area contributed by atoms with Gasteiger partial charge in [-0.3, -0.25) is 0 Å². The van der Waals surface area contributed by atoms with E-state index in [0.29, 0.717) is 10.8 Å². The summed E-state index contributed by atoms with van der Waals surface area (Å²) in [6.45, 7) is 5.65. The maximum atomic E-state index is 12.8. The van der Waals surface area contributed by atoms with Crippen molar-refractivity contribution in [3.05, 3.63) is 83.7 Å². The first-order valence-electron chi connectivity index (χ1n) is 7.87. The number of allylic oxidation sites excluding steroid dienone is 1. The van der Waals surface area contributed by atoms with Crippen LogP contribution in [0, 0.1) is 0 Å². The molecule has 0 radical (unpaired) electrons. The molecule has 5 nitrogen and oxygen atoms in total. The molecule has 0 atom stereocenters. The third-order valence-electron chi connectivity index (χ3n) is 3.78. The average molecular weight is 389 g/mol. The van der Waals surface area contributed by atoms with Crippen LogP contribution in [0.5, 0.6) is 5.75 Å². The van der Waals surface area contributed by atoms with Crippen molar-refractivity contribution in [2.45, 2.75) is 18.4 Å². The number of aliphatic imine (C=N–C) groups is 1. The lowest BCUT2D eigenvalue weighted by Crippen LogP contribution is -2.30. The van der Waals surface area contributed by atoms with Crippen LogP contribution >= 0.6 is 11.6 Å². The van der Waals surface area contributed by atoms with Crippen molar-refractivity contribution in [3.8, 4) is 5.75 Å². The van der Waals surface area contributed by atoms with Crippen molar-refractivity contribution in [1.29, 1.82) is 0 Å². The van der Waals surface area contributed by atoms with Crippen LogP contribution in [-0.2, 0) is 16.6 Å². The Balaban J connectivity index is 1.92. The van der Waals surface area contributed by atoms with Crippen LogP contribution in [0.15, 0.2) is 83.0 Å². The molecule has 7 heteroatoms.